The van der Waals surface area contributed by atoms with E-state index in [4.69, 9.17) is 5.73 Å². The van der Waals surface area contributed by atoms with E-state index < -0.39 is 17.2 Å². The third kappa shape index (κ3) is 5.33. The Hall–Kier alpha value is -2.58. The topological polar surface area (TPSA) is 52.8 Å². The molecule has 2 saturated heterocycles. The van der Waals surface area contributed by atoms with Crippen LogP contribution < -0.4 is 10.6 Å². The van der Waals surface area contributed by atoms with E-state index in [1.165, 1.54) is 17.8 Å². The Morgan fingerprint density at radius 1 is 0.909 bits per heavy atom. The molecule has 2 aromatic rings. The number of alkyl halides is 3. The first-order valence-corrected chi connectivity index (χ1v) is 11.5. The average Bonchev–Trinajstić information content (AvgIpc) is 2.84. The quantitative estimate of drug-likeness (QED) is 0.744. The zero-order valence-corrected chi connectivity index (χ0v) is 18.7. The first-order chi connectivity index (χ1) is 15.8. The van der Waals surface area contributed by atoms with E-state index in [1.807, 2.05) is 23.1 Å². The molecule has 33 heavy (non-hydrogen) atoms. The highest BCUT2D eigenvalue weighted by Crippen LogP contribution is 2.38. The first kappa shape index (κ1) is 23.6. The summed E-state index contributed by atoms with van der Waals surface area (Å²) in [5.41, 5.74) is 6.70. The zero-order chi connectivity index (χ0) is 23.5. The molecule has 1 amide bonds. The lowest BCUT2D eigenvalue weighted by molar-refractivity contribution is -0.137. The standard InChI is InChI=1S/C25H31F3N4O/c26-25(27,28)21-6-4-5-20(17-21)24(19-29)9-11-32(12-10-24)23(33)18-30-13-15-31(16-14-30)22-7-2-1-3-8-22/h1-8,17H,9-16,18-19,29H2. The normalized spacial score (nSPS) is 19.5. The van der Waals surface area contributed by atoms with E-state index in [2.05, 4.69) is 21.9 Å². The number of hydrogen-bond donors (Lipinski definition) is 1. The number of carbonyl (C=O) groups is 1. The Bertz CT molecular complexity index is 934. The number of carbonyl (C=O) groups excluding carboxylic acids is 1. The van der Waals surface area contributed by atoms with Gasteiger partial charge in [0.15, 0.2) is 0 Å². The fraction of sp³-hybridized carbons (Fsp3) is 0.480. The third-order valence-electron chi connectivity index (χ3n) is 7.12. The van der Waals surface area contributed by atoms with Gasteiger partial charge in [0.2, 0.25) is 5.91 Å². The van der Waals surface area contributed by atoms with E-state index in [-0.39, 0.29) is 12.5 Å². The van der Waals surface area contributed by atoms with Gasteiger partial charge in [-0.05, 0) is 36.6 Å². The molecule has 0 aromatic heterocycles. The van der Waals surface area contributed by atoms with Crippen LogP contribution in [0.25, 0.3) is 0 Å². The van der Waals surface area contributed by atoms with Crippen LogP contribution in [0, 0.1) is 0 Å². The molecule has 2 aliphatic rings. The second-order valence-corrected chi connectivity index (χ2v) is 9.04. The predicted molar refractivity (Wildman–Crippen MR) is 123 cm³/mol. The second-order valence-electron chi connectivity index (χ2n) is 9.04. The van der Waals surface area contributed by atoms with E-state index in [0.29, 0.717) is 38.0 Å². The van der Waals surface area contributed by atoms with E-state index in [9.17, 15) is 18.0 Å². The van der Waals surface area contributed by atoms with Gasteiger partial charge in [-0.3, -0.25) is 9.69 Å². The summed E-state index contributed by atoms with van der Waals surface area (Å²) in [5, 5.41) is 0. The minimum Gasteiger partial charge on any atom is -0.369 e. The molecule has 2 N–H and O–H groups in total. The lowest BCUT2D eigenvalue weighted by Crippen LogP contribution is -2.53. The molecule has 2 aromatic carbocycles. The van der Waals surface area contributed by atoms with Crippen LogP contribution in [0.4, 0.5) is 18.9 Å². The lowest BCUT2D eigenvalue weighted by atomic mass is 9.72. The molecule has 0 atom stereocenters. The fourth-order valence-corrected chi connectivity index (χ4v) is 4.91. The summed E-state index contributed by atoms with van der Waals surface area (Å²) in [4.78, 5) is 19.3. The highest BCUT2D eigenvalue weighted by atomic mass is 19.4. The summed E-state index contributed by atoms with van der Waals surface area (Å²) in [6, 6.07) is 15.7. The predicted octanol–water partition coefficient (Wildman–Crippen LogP) is 3.35. The number of benzene rings is 2. The molecule has 0 unspecified atom stereocenters. The number of anilines is 1. The highest BCUT2D eigenvalue weighted by Gasteiger charge is 2.38. The van der Waals surface area contributed by atoms with Crippen LogP contribution in [0.2, 0.25) is 0 Å². The van der Waals surface area contributed by atoms with Crippen molar-refractivity contribution in [2.75, 3.05) is 57.3 Å². The van der Waals surface area contributed by atoms with Gasteiger partial charge in [-0.1, -0.05) is 36.4 Å². The van der Waals surface area contributed by atoms with E-state index >= 15 is 0 Å². The maximum atomic E-state index is 13.2. The minimum absolute atomic E-state index is 0.0813. The van der Waals surface area contributed by atoms with Crippen molar-refractivity contribution in [1.82, 2.24) is 9.80 Å². The number of piperidine rings is 1. The molecule has 178 valence electrons. The van der Waals surface area contributed by atoms with Gasteiger partial charge < -0.3 is 15.5 Å². The number of nitrogens with zero attached hydrogens (tertiary/aromatic N) is 3. The molecule has 5 nitrogen and oxygen atoms in total. The van der Waals surface area contributed by atoms with Crippen molar-refractivity contribution in [1.29, 1.82) is 0 Å². The van der Waals surface area contributed by atoms with Crippen LogP contribution in [0.15, 0.2) is 54.6 Å². The zero-order valence-electron chi connectivity index (χ0n) is 18.7. The number of piperazine rings is 1. The smallest absolute Gasteiger partial charge is 0.369 e. The number of rotatable bonds is 5. The van der Waals surface area contributed by atoms with Crippen LogP contribution in [-0.4, -0.2) is 68.1 Å². The Labute approximate surface area is 192 Å². The number of hydrogen-bond acceptors (Lipinski definition) is 4. The van der Waals surface area contributed by atoms with Crippen molar-refractivity contribution in [3.63, 3.8) is 0 Å². The highest BCUT2D eigenvalue weighted by molar-refractivity contribution is 5.78. The van der Waals surface area contributed by atoms with Crippen molar-refractivity contribution in [2.45, 2.75) is 24.4 Å². The summed E-state index contributed by atoms with van der Waals surface area (Å²) in [6.07, 6.45) is -3.25. The average molecular weight is 461 g/mol. The molecule has 4 rings (SSSR count). The van der Waals surface area contributed by atoms with Gasteiger partial charge in [-0.2, -0.15) is 13.2 Å². The van der Waals surface area contributed by atoms with Crippen LogP contribution in [0.3, 0.4) is 0 Å². The van der Waals surface area contributed by atoms with Crippen LogP contribution in [0.5, 0.6) is 0 Å². The fourth-order valence-electron chi connectivity index (χ4n) is 4.91. The molecule has 2 aliphatic heterocycles. The number of nitrogens with two attached hydrogens (primary N) is 1. The number of para-hydroxylation sites is 1. The number of amides is 1. The molecular weight excluding hydrogens is 429 g/mol. The third-order valence-corrected chi connectivity index (χ3v) is 7.12. The van der Waals surface area contributed by atoms with Gasteiger partial charge in [-0.25, -0.2) is 0 Å². The molecule has 2 fully saturated rings. The summed E-state index contributed by atoms with van der Waals surface area (Å²) < 4.78 is 39.5. The molecular formula is C25H31F3N4O. The van der Waals surface area contributed by atoms with Gasteiger partial charge >= 0.3 is 6.18 Å². The monoisotopic (exact) mass is 460 g/mol. The van der Waals surface area contributed by atoms with E-state index in [0.717, 1.165) is 32.2 Å². The summed E-state index contributed by atoms with van der Waals surface area (Å²) in [7, 11) is 0. The van der Waals surface area contributed by atoms with Crippen LogP contribution >= 0.6 is 0 Å². The molecule has 0 radical (unpaired) electrons. The van der Waals surface area contributed by atoms with Gasteiger partial charge in [0.25, 0.3) is 0 Å². The molecule has 0 bridgehead atoms. The summed E-state index contributed by atoms with van der Waals surface area (Å²) >= 11 is 0. The Morgan fingerprint density at radius 3 is 2.18 bits per heavy atom. The minimum atomic E-state index is -4.38. The summed E-state index contributed by atoms with van der Waals surface area (Å²) in [5.74, 6) is 0.0813. The largest absolute Gasteiger partial charge is 0.416 e. The van der Waals surface area contributed by atoms with Gasteiger partial charge in [-0.15, -0.1) is 0 Å². The Balaban J connectivity index is 1.31. The van der Waals surface area contributed by atoms with Crippen molar-refractivity contribution >= 4 is 11.6 Å². The molecule has 0 saturated carbocycles. The number of halogens is 3. The maximum absolute atomic E-state index is 13.2. The SMILES string of the molecule is NCC1(c2cccc(C(F)(F)F)c2)CCN(C(=O)CN2CCN(c3ccccc3)CC2)CC1. The second kappa shape index (κ2) is 9.73. The van der Waals surface area contributed by atoms with Gasteiger partial charge in [0.1, 0.15) is 0 Å². The van der Waals surface area contributed by atoms with Crippen LogP contribution in [-0.2, 0) is 16.4 Å². The van der Waals surface area contributed by atoms with Crippen molar-refractivity contribution in [3.8, 4) is 0 Å². The Kier molecular flexibility index (Phi) is 6.95. The van der Waals surface area contributed by atoms with Crippen molar-refractivity contribution in [3.05, 3.63) is 65.7 Å². The molecule has 8 heteroatoms. The molecule has 2 heterocycles. The van der Waals surface area contributed by atoms with Crippen molar-refractivity contribution in [2.24, 2.45) is 5.73 Å². The number of likely N-dealkylation sites (tertiary alicyclic amines) is 1. The Morgan fingerprint density at radius 2 is 1.58 bits per heavy atom. The van der Waals surface area contributed by atoms with E-state index in [1.54, 1.807) is 6.07 Å². The van der Waals surface area contributed by atoms with Gasteiger partial charge in [0, 0.05) is 56.9 Å². The van der Waals surface area contributed by atoms with Gasteiger partial charge in [0.05, 0.1) is 12.1 Å². The molecule has 0 spiro atoms. The summed E-state index contributed by atoms with van der Waals surface area (Å²) in [6.45, 7) is 5.06. The maximum Gasteiger partial charge on any atom is 0.416 e. The van der Waals surface area contributed by atoms with Crippen molar-refractivity contribution < 1.29 is 18.0 Å². The first-order valence-electron chi connectivity index (χ1n) is 11.5. The lowest BCUT2D eigenvalue weighted by Gasteiger charge is -2.43. The molecule has 0 aliphatic carbocycles. The van der Waals surface area contributed by atoms with Crippen LogP contribution in [0.1, 0.15) is 24.0 Å².